The minimum absolute atomic E-state index is 0.0347. The number of hydrogen-bond acceptors (Lipinski definition) is 3. The van der Waals surface area contributed by atoms with Gasteiger partial charge >= 0.3 is 0 Å². The van der Waals surface area contributed by atoms with Gasteiger partial charge in [0.25, 0.3) is 0 Å². The Labute approximate surface area is 84.9 Å². The Balaban J connectivity index is 3.93. The second kappa shape index (κ2) is 8.20. The maximum absolute atomic E-state index is 8.99. The van der Waals surface area contributed by atoms with Crippen molar-refractivity contribution in [2.75, 3.05) is 18.1 Å². The molecule has 0 atom stereocenters. The molecule has 0 aromatic rings. The van der Waals surface area contributed by atoms with Crippen molar-refractivity contribution in [3.63, 3.8) is 0 Å². The molecule has 0 radical (unpaired) electrons. The van der Waals surface area contributed by atoms with E-state index in [4.69, 9.17) is 10.8 Å². The van der Waals surface area contributed by atoms with Gasteiger partial charge in [-0.1, -0.05) is 19.1 Å². The average molecular weight is 201 g/mol. The highest BCUT2D eigenvalue weighted by Crippen LogP contribution is 2.07. The number of rotatable bonds is 6. The van der Waals surface area contributed by atoms with Crippen LogP contribution in [0.5, 0.6) is 0 Å². The van der Waals surface area contributed by atoms with Crippen LogP contribution in [0, 0.1) is 0 Å². The van der Waals surface area contributed by atoms with Crippen LogP contribution < -0.4 is 5.73 Å². The summed E-state index contributed by atoms with van der Waals surface area (Å²) in [5.41, 5.74) is 7.20. The van der Waals surface area contributed by atoms with E-state index in [2.05, 4.69) is 6.92 Å². The molecule has 0 heterocycles. The lowest BCUT2D eigenvalue weighted by Crippen LogP contribution is -2.04. The van der Waals surface area contributed by atoms with Crippen molar-refractivity contribution in [2.24, 2.45) is 5.73 Å². The molecule has 3 N–H and O–H groups in total. The van der Waals surface area contributed by atoms with E-state index in [-0.39, 0.29) is 6.61 Å². The summed E-state index contributed by atoms with van der Waals surface area (Å²) in [6.45, 7) is 4.05. The molecule has 0 aromatic carbocycles. The zero-order valence-electron chi connectivity index (χ0n) is 8.42. The Morgan fingerprint density at radius 2 is 2.23 bits per heavy atom. The highest BCUT2D eigenvalue weighted by molar-refractivity contribution is 7.99. The molecular weight excluding hydrogens is 182 g/mol. The number of nitrogens with two attached hydrogens (primary N) is 1. The lowest BCUT2D eigenvalue weighted by Gasteiger charge is -2.03. The van der Waals surface area contributed by atoms with E-state index in [1.165, 1.54) is 0 Å². The molecule has 3 heteroatoms. The average Bonchev–Trinajstić information content (AvgIpc) is 2.17. The van der Waals surface area contributed by atoms with E-state index in [0.29, 0.717) is 5.70 Å². The highest BCUT2D eigenvalue weighted by Gasteiger charge is 1.96. The number of allylic oxidation sites excluding steroid dienone is 2. The molecule has 0 saturated carbocycles. The predicted octanol–water partition coefficient (Wildman–Crippen LogP) is 1.91. The SMILES string of the molecule is C/C=C(N)\C(=C/CCSCC)CO. The summed E-state index contributed by atoms with van der Waals surface area (Å²) >= 11 is 1.89. The van der Waals surface area contributed by atoms with Crippen molar-refractivity contribution in [1.29, 1.82) is 0 Å². The van der Waals surface area contributed by atoms with Gasteiger partial charge in [-0.3, -0.25) is 0 Å². The van der Waals surface area contributed by atoms with Gasteiger partial charge in [-0.2, -0.15) is 11.8 Å². The van der Waals surface area contributed by atoms with E-state index in [0.717, 1.165) is 23.5 Å². The first kappa shape index (κ1) is 12.6. The van der Waals surface area contributed by atoms with Gasteiger partial charge < -0.3 is 10.8 Å². The zero-order chi connectivity index (χ0) is 10.1. The Hall–Kier alpha value is -0.410. The molecular formula is C10H19NOS. The quantitative estimate of drug-likeness (QED) is 0.510. The third kappa shape index (κ3) is 5.77. The molecule has 0 amide bonds. The third-order valence-electron chi connectivity index (χ3n) is 1.71. The Morgan fingerprint density at radius 3 is 2.69 bits per heavy atom. The van der Waals surface area contributed by atoms with Crippen molar-refractivity contribution in [3.05, 3.63) is 23.4 Å². The molecule has 2 nitrogen and oxygen atoms in total. The standard InChI is InChI=1S/C10H19NOS/c1-3-10(11)9(8-12)6-5-7-13-4-2/h3,6,12H,4-5,7-8,11H2,1-2H3/b9-6-,10-3+. The van der Waals surface area contributed by atoms with E-state index in [9.17, 15) is 0 Å². The van der Waals surface area contributed by atoms with E-state index < -0.39 is 0 Å². The van der Waals surface area contributed by atoms with Crippen LogP contribution in [0.15, 0.2) is 23.4 Å². The fourth-order valence-corrected chi connectivity index (χ4v) is 1.49. The van der Waals surface area contributed by atoms with Crippen LogP contribution in [-0.4, -0.2) is 23.2 Å². The van der Waals surface area contributed by atoms with Crippen LogP contribution in [0.1, 0.15) is 20.3 Å². The second-order valence-corrected chi connectivity index (χ2v) is 4.01. The first-order valence-electron chi connectivity index (χ1n) is 4.56. The van der Waals surface area contributed by atoms with E-state index in [1.54, 1.807) is 0 Å². The van der Waals surface area contributed by atoms with Crippen LogP contribution in [-0.2, 0) is 0 Å². The van der Waals surface area contributed by atoms with Gasteiger partial charge in [0.2, 0.25) is 0 Å². The lowest BCUT2D eigenvalue weighted by atomic mass is 10.2. The molecule has 0 aliphatic carbocycles. The van der Waals surface area contributed by atoms with Crippen LogP contribution in [0.3, 0.4) is 0 Å². The van der Waals surface area contributed by atoms with Crippen molar-refractivity contribution >= 4 is 11.8 Å². The van der Waals surface area contributed by atoms with Crippen LogP contribution in [0.2, 0.25) is 0 Å². The molecule has 76 valence electrons. The molecule has 0 unspecified atom stereocenters. The first-order valence-corrected chi connectivity index (χ1v) is 5.71. The van der Waals surface area contributed by atoms with Crippen molar-refractivity contribution in [1.82, 2.24) is 0 Å². The van der Waals surface area contributed by atoms with E-state index >= 15 is 0 Å². The summed E-state index contributed by atoms with van der Waals surface area (Å²) in [5, 5.41) is 8.99. The molecule has 0 rings (SSSR count). The molecule has 0 aliphatic heterocycles. The summed E-state index contributed by atoms with van der Waals surface area (Å²) in [6, 6.07) is 0. The molecule has 0 aromatic heterocycles. The third-order valence-corrected chi connectivity index (χ3v) is 2.64. The molecule has 0 aliphatic rings. The minimum Gasteiger partial charge on any atom is -0.399 e. The topological polar surface area (TPSA) is 46.2 Å². The lowest BCUT2D eigenvalue weighted by molar-refractivity contribution is 0.332. The van der Waals surface area contributed by atoms with Gasteiger partial charge in [-0.25, -0.2) is 0 Å². The van der Waals surface area contributed by atoms with Gasteiger partial charge in [-0.15, -0.1) is 0 Å². The van der Waals surface area contributed by atoms with Crippen molar-refractivity contribution in [3.8, 4) is 0 Å². The predicted molar refractivity (Wildman–Crippen MR) is 60.7 cm³/mol. The largest absolute Gasteiger partial charge is 0.399 e. The fourth-order valence-electron chi connectivity index (χ4n) is 0.920. The molecule has 0 saturated heterocycles. The monoisotopic (exact) mass is 201 g/mol. The minimum atomic E-state index is 0.0347. The zero-order valence-corrected chi connectivity index (χ0v) is 9.23. The summed E-state index contributed by atoms with van der Waals surface area (Å²) in [5.74, 6) is 2.23. The normalized spacial score (nSPS) is 13.5. The summed E-state index contributed by atoms with van der Waals surface area (Å²) in [7, 11) is 0. The van der Waals surface area contributed by atoms with Gasteiger partial charge in [0, 0.05) is 5.70 Å². The smallest absolute Gasteiger partial charge is 0.0698 e. The molecule has 13 heavy (non-hydrogen) atoms. The Kier molecular flexibility index (Phi) is 7.94. The van der Waals surface area contributed by atoms with Gasteiger partial charge in [-0.05, 0) is 30.4 Å². The van der Waals surface area contributed by atoms with Gasteiger partial charge in [0.05, 0.1) is 6.61 Å². The van der Waals surface area contributed by atoms with Gasteiger partial charge in [0.15, 0.2) is 0 Å². The van der Waals surface area contributed by atoms with Crippen molar-refractivity contribution < 1.29 is 5.11 Å². The number of aliphatic hydroxyl groups is 1. The maximum atomic E-state index is 8.99. The molecule has 0 spiro atoms. The maximum Gasteiger partial charge on any atom is 0.0698 e. The number of aliphatic hydroxyl groups excluding tert-OH is 1. The summed E-state index contributed by atoms with van der Waals surface area (Å²) in [6.07, 6.45) is 4.80. The highest BCUT2D eigenvalue weighted by atomic mass is 32.2. The summed E-state index contributed by atoms with van der Waals surface area (Å²) in [4.78, 5) is 0. The van der Waals surface area contributed by atoms with Crippen LogP contribution in [0.4, 0.5) is 0 Å². The second-order valence-electron chi connectivity index (χ2n) is 2.62. The molecule has 0 bridgehead atoms. The number of hydrogen-bond donors (Lipinski definition) is 2. The van der Waals surface area contributed by atoms with Crippen molar-refractivity contribution in [2.45, 2.75) is 20.3 Å². The number of thioether (sulfide) groups is 1. The Morgan fingerprint density at radius 1 is 1.54 bits per heavy atom. The van der Waals surface area contributed by atoms with Gasteiger partial charge in [0.1, 0.15) is 0 Å². The first-order chi connectivity index (χ1) is 6.26. The van der Waals surface area contributed by atoms with Crippen LogP contribution in [0.25, 0.3) is 0 Å². The Bertz CT molecular complexity index is 187. The molecule has 0 fully saturated rings. The van der Waals surface area contributed by atoms with Crippen LogP contribution >= 0.6 is 11.8 Å². The van der Waals surface area contributed by atoms with E-state index in [1.807, 2.05) is 30.8 Å². The fraction of sp³-hybridized carbons (Fsp3) is 0.600. The summed E-state index contributed by atoms with van der Waals surface area (Å²) < 4.78 is 0.